The van der Waals surface area contributed by atoms with Crippen molar-refractivity contribution in [3.05, 3.63) is 34.4 Å². The molecule has 63 heavy (non-hydrogen) atoms. The highest BCUT2D eigenvalue weighted by Crippen LogP contribution is 2.32. The minimum atomic E-state index is -2.47. The van der Waals surface area contributed by atoms with E-state index in [1.807, 2.05) is 0 Å². The van der Waals surface area contributed by atoms with E-state index in [2.05, 4.69) is 21.3 Å². The number of primary amides is 1. The van der Waals surface area contributed by atoms with Gasteiger partial charge in [-0.05, 0) is 66.7 Å². The molecule has 1 saturated heterocycles. The van der Waals surface area contributed by atoms with Crippen LogP contribution < -0.4 is 27.0 Å². The minimum absolute atomic E-state index is 0.102. The number of carboxylic acid groups (broad SMARTS) is 1. The number of Topliss-reactive ketones (excluding diaryl/α,β-unsaturated/α-hetero) is 1. The lowest BCUT2D eigenvalue weighted by atomic mass is 9.83. The van der Waals surface area contributed by atoms with Crippen molar-refractivity contribution in [2.45, 2.75) is 148 Å². The summed E-state index contributed by atoms with van der Waals surface area (Å²) in [5.74, 6) is -21.6. The average Bonchev–Trinajstić information content (AvgIpc) is 3.60. The number of esters is 1. The average molecular weight is 901 g/mol. The number of nitrogens with one attached hydrogen (secondary N) is 4. The summed E-state index contributed by atoms with van der Waals surface area (Å²) in [7, 11) is 0. The second kappa shape index (κ2) is 21.6. The number of hydrogen-bond donors (Lipinski definition) is 6. The smallest absolute Gasteiger partial charge is 0.339 e. The molecule has 0 spiro atoms. The molecule has 0 aromatic heterocycles. The molecule has 5 atom stereocenters. The Morgan fingerprint density at radius 3 is 1.92 bits per heavy atom. The number of carbonyl (C=O) groups is 9. The van der Waals surface area contributed by atoms with Crippen LogP contribution in [0.4, 0.5) is 17.6 Å². The van der Waals surface area contributed by atoms with E-state index in [-0.39, 0.29) is 25.8 Å². The third kappa shape index (κ3) is 14.2. The summed E-state index contributed by atoms with van der Waals surface area (Å²) in [6.45, 7) is 10.4. The molecular formula is C41H56F4N6O12. The molecule has 1 aromatic rings. The maximum absolute atomic E-state index is 15.1. The van der Waals surface area contributed by atoms with Crippen molar-refractivity contribution in [3.63, 3.8) is 0 Å². The second-order valence-corrected chi connectivity index (χ2v) is 17.5. The summed E-state index contributed by atoms with van der Waals surface area (Å²) in [4.78, 5) is 118. The summed E-state index contributed by atoms with van der Waals surface area (Å²) < 4.78 is 69.4. The van der Waals surface area contributed by atoms with Gasteiger partial charge in [0.25, 0.3) is 11.8 Å². The first-order chi connectivity index (χ1) is 29.2. The van der Waals surface area contributed by atoms with Crippen LogP contribution in [0.1, 0.15) is 127 Å². The maximum Gasteiger partial charge on any atom is 0.339 e. The first kappa shape index (κ1) is 51.7. The van der Waals surface area contributed by atoms with Crippen LogP contribution in [-0.2, 0) is 43.0 Å². The molecule has 0 bridgehead atoms. The number of benzene rings is 1. The van der Waals surface area contributed by atoms with Crippen LogP contribution >= 0.6 is 0 Å². The van der Waals surface area contributed by atoms with Crippen molar-refractivity contribution in [2.75, 3.05) is 13.1 Å². The number of nitrogens with two attached hydrogens (primary N) is 1. The number of nitrogens with zero attached hydrogens (tertiary/aromatic N) is 1. The van der Waals surface area contributed by atoms with Crippen molar-refractivity contribution in [1.29, 1.82) is 0 Å². The van der Waals surface area contributed by atoms with E-state index in [4.69, 9.17) is 15.2 Å². The molecule has 1 heterocycles. The number of halogens is 4. The minimum Gasteiger partial charge on any atom is -0.478 e. The van der Waals surface area contributed by atoms with Crippen LogP contribution in [0.15, 0.2) is 0 Å². The number of carbonyl (C=O) groups excluding carboxylic acids is 8. The van der Waals surface area contributed by atoms with E-state index in [1.165, 1.54) is 0 Å². The van der Waals surface area contributed by atoms with Gasteiger partial charge in [0.2, 0.25) is 29.4 Å². The van der Waals surface area contributed by atoms with E-state index in [1.54, 1.807) is 48.5 Å². The number of ketones is 1. The predicted molar refractivity (Wildman–Crippen MR) is 212 cm³/mol. The molecule has 3 rings (SSSR count). The number of carboxylic acids is 1. The molecule has 7 N–H and O–H groups in total. The highest BCUT2D eigenvalue weighted by molar-refractivity contribution is 6.38. The molecule has 6 amide bonds. The molecule has 1 unspecified atom stereocenters. The first-order valence-corrected chi connectivity index (χ1v) is 20.5. The van der Waals surface area contributed by atoms with Gasteiger partial charge in [0.05, 0.1) is 36.3 Å². The maximum atomic E-state index is 15.1. The van der Waals surface area contributed by atoms with Gasteiger partial charge in [-0.3, -0.25) is 38.4 Å². The lowest BCUT2D eigenvalue weighted by molar-refractivity contribution is -0.156. The van der Waals surface area contributed by atoms with E-state index in [0.29, 0.717) is 25.7 Å². The number of likely N-dealkylation sites (tertiary alicyclic amines) is 1. The van der Waals surface area contributed by atoms with Gasteiger partial charge in [-0.15, -0.1) is 0 Å². The zero-order chi connectivity index (χ0) is 47.7. The third-order valence-electron chi connectivity index (χ3n) is 10.1. The quantitative estimate of drug-likeness (QED) is 0.0407. The lowest BCUT2D eigenvalue weighted by Gasteiger charge is -2.35. The van der Waals surface area contributed by atoms with E-state index >= 15 is 4.39 Å². The van der Waals surface area contributed by atoms with Gasteiger partial charge in [-0.25, -0.2) is 22.4 Å². The molecule has 22 heteroatoms. The van der Waals surface area contributed by atoms with Crippen molar-refractivity contribution in [1.82, 2.24) is 26.2 Å². The molecule has 18 nitrogen and oxygen atoms in total. The number of aromatic carboxylic acids is 1. The molecule has 2 aliphatic rings. The fourth-order valence-electron chi connectivity index (χ4n) is 7.41. The van der Waals surface area contributed by atoms with Gasteiger partial charge >= 0.3 is 11.9 Å². The topological polar surface area (TPSA) is 270 Å². The molecule has 1 aliphatic carbocycles. The van der Waals surface area contributed by atoms with E-state index in [0.717, 1.165) is 11.3 Å². The highest BCUT2D eigenvalue weighted by atomic mass is 19.2. The van der Waals surface area contributed by atoms with Crippen molar-refractivity contribution >= 4 is 53.2 Å². The second-order valence-electron chi connectivity index (χ2n) is 17.5. The summed E-state index contributed by atoms with van der Waals surface area (Å²) in [5.41, 5.74) is 0.0920. The van der Waals surface area contributed by atoms with Crippen LogP contribution in [0.5, 0.6) is 0 Å². The Bertz CT molecular complexity index is 1960. The Balaban J connectivity index is 1.88. The molecule has 2 fully saturated rings. The van der Waals surface area contributed by atoms with Gasteiger partial charge in [0, 0.05) is 13.0 Å². The van der Waals surface area contributed by atoms with Crippen molar-refractivity contribution in [2.24, 2.45) is 11.7 Å². The van der Waals surface area contributed by atoms with Crippen LogP contribution in [0.3, 0.4) is 0 Å². The van der Waals surface area contributed by atoms with Crippen LogP contribution in [0, 0.1) is 29.2 Å². The standard InChI is InChI=1S/C41H56F4N6O12/c1-8-12-21(33(54)37(58)47-17-24(52)48-22(34(46)55)16-25(53)63-41(5,6)7)49-35(56)23-15-20(62-40(2,3)4)18-51(23)38(59)32(19-13-10-9-11-14-19)50-36(57)26-27(39(60)61)29(43)31(45)30(44)28(26)42/h19-23,32H,8-18H2,1-7H3,(H2,46,55)(H,47,58)(H,48,52)(H,49,56)(H,50,57)(H,60,61)/t20-,21?,22-,23+,32+/m1/s1. The Labute approximate surface area is 361 Å². The lowest BCUT2D eigenvalue weighted by Crippen LogP contribution is -2.58. The summed E-state index contributed by atoms with van der Waals surface area (Å²) in [6.07, 6.45) is 0.977. The highest BCUT2D eigenvalue weighted by Gasteiger charge is 2.47. The SMILES string of the molecule is CCCC(NC(=O)[C@@H]1C[C@@H](OC(C)(C)C)CN1C(=O)[C@@H](NC(=O)c1c(F)c(F)c(F)c(F)c1C(=O)O)C1CCCCC1)C(=O)C(=O)NCC(=O)N[C@H](CC(=O)OC(C)(C)C)C(N)=O. The monoisotopic (exact) mass is 900 g/mol. The predicted octanol–water partition coefficient (Wildman–Crippen LogP) is 2.08. The van der Waals surface area contributed by atoms with Gasteiger partial charge in [0.1, 0.15) is 29.3 Å². The molecule has 1 aromatic carbocycles. The Morgan fingerprint density at radius 2 is 1.40 bits per heavy atom. The van der Waals surface area contributed by atoms with Gasteiger partial charge < -0.3 is 46.5 Å². The molecule has 350 valence electrons. The fraction of sp³-hybridized carbons (Fsp3) is 0.634. The molecule has 0 radical (unpaired) electrons. The summed E-state index contributed by atoms with van der Waals surface area (Å²) >= 11 is 0. The largest absolute Gasteiger partial charge is 0.478 e. The van der Waals surface area contributed by atoms with E-state index < -0.39 is 148 Å². The van der Waals surface area contributed by atoms with Gasteiger partial charge in [0.15, 0.2) is 23.3 Å². The summed E-state index contributed by atoms with van der Waals surface area (Å²) in [5, 5.41) is 18.5. The Kier molecular flexibility index (Phi) is 17.7. The van der Waals surface area contributed by atoms with Crippen LogP contribution in [0.25, 0.3) is 0 Å². The Hall–Kier alpha value is -5.67. The molecule has 1 saturated carbocycles. The van der Waals surface area contributed by atoms with Gasteiger partial charge in [-0.2, -0.15) is 0 Å². The Morgan fingerprint density at radius 1 is 0.810 bits per heavy atom. The number of ether oxygens (including phenoxy) is 2. The molecule has 1 aliphatic heterocycles. The fourth-order valence-corrected chi connectivity index (χ4v) is 7.41. The third-order valence-corrected chi connectivity index (χ3v) is 10.1. The normalized spacial score (nSPS) is 18.4. The summed E-state index contributed by atoms with van der Waals surface area (Å²) in [6, 6.07) is -6.10. The number of hydrogen-bond acceptors (Lipinski definition) is 11. The zero-order valence-corrected chi connectivity index (χ0v) is 36.2. The molecular weight excluding hydrogens is 844 g/mol. The number of amides is 6. The zero-order valence-electron chi connectivity index (χ0n) is 36.2. The van der Waals surface area contributed by atoms with Crippen LogP contribution in [0.2, 0.25) is 0 Å². The van der Waals surface area contributed by atoms with Gasteiger partial charge in [-0.1, -0.05) is 32.6 Å². The first-order valence-electron chi connectivity index (χ1n) is 20.5. The van der Waals surface area contributed by atoms with E-state index in [9.17, 15) is 61.4 Å². The number of rotatable bonds is 18. The van der Waals surface area contributed by atoms with Crippen molar-refractivity contribution < 1.29 is 75.3 Å². The van der Waals surface area contributed by atoms with Crippen LogP contribution in [-0.4, -0.2) is 118 Å². The van der Waals surface area contributed by atoms with Crippen molar-refractivity contribution in [3.8, 4) is 0 Å².